The van der Waals surface area contributed by atoms with Crippen molar-refractivity contribution >= 4 is 0 Å². The molecular formula is C23H23N5O. The van der Waals surface area contributed by atoms with E-state index in [1.807, 2.05) is 53.3 Å². The first-order valence-corrected chi connectivity index (χ1v) is 9.58. The standard InChI is InChI=1S/C23H23N5O/c1-17(22-16-27-28(18(22)2)20-7-4-3-5-8-20)26-15-19-9-11-21(12-10-19)29-23-24-13-6-14-25-23/h3-14,16-17,26H,15H2,1-2H3/t17-/m0/s1. The van der Waals surface area contributed by atoms with Crippen molar-refractivity contribution in [1.29, 1.82) is 0 Å². The van der Waals surface area contributed by atoms with E-state index in [0.29, 0.717) is 11.8 Å². The molecule has 0 spiro atoms. The van der Waals surface area contributed by atoms with Crippen molar-refractivity contribution in [3.8, 4) is 17.4 Å². The third-order valence-electron chi connectivity index (χ3n) is 4.80. The van der Waals surface area contributed by atoms with E-state index in [4.69, 9.17) is 4.74 Å². The zero-order chi connectivity index (χ0) is 20.1. The van der Waals surface area contributed by atoms with E-state index in [-0.39, 0.29) is 6.04 Å². The Balaban J connectivity index is 1.37. The number of rotatable bonds is 7. The summed E-state index contributed by atoms with van der Waals surface area (Å²) in [7, 11) is 0. The molecule has 1 N–H and O–H groups in total. The highest BCUT2D eigenvalue weighted by Crippen LogP contribution is 2.21. The Bertz CT molecular complexity index is 1050. The zero-order valence-electron chi connectivity index (χ0n) is 16.5. The molecule has 4 aromatic rings. The van der Waals surface area contributed by atoms with Gasteiger partial charge in [-0.05, 0) is 49.7 Å². The number of para-hydroxylation sites is 1. The van der Waals surface area contributed by atoms with Gasteiger partial charge in [-0.1, -0.05) is 30.3 Å². The summed E-state index contributed by atoms with van der Waals surface area (Å²) >= 11 is 0. The maximum Gasteiger partial charge on any atom is 0.321 e. The summed E-state index contributed by atoms with van der Waals surface area (Å²) < 4.78 is 7.61. The van der Waals surface area contributed by atoms with E-state index < -0.39 is 0 Å². The second-order valence-corrected chi connectivity index (χ2v) is 6.81. The number of aromatic nitrogens is 4. The van der Waals surface area contributed by atoms with Gasteiger partial charge < -0.3 is 10.1 Å². The molecule has 0 aliphatic rings. The van der Waals surface area contributed by atoms with Gasteiger partial charge in [0.05, 0.1) is 11.9 Å². The molecule has 2 aromatic carbocycles. The molecule has 29 heavy (non-hydrogen) atoms. The van der Waals surface area contributed by atoms with Crippen molar-refractivity contribution in [2.45, 2.75) is 26.4 Å². The van der Waals surface area contributed by atoms with Crippen LogP contribution in [-0.4, -0.2) is 19.7 Å². The Morgan fingerprint density at radius 3 is 2.41 bits per heavy atom. The zero-order valence-corrected chi connectivity index (χ0v) is 16.5. The molecule has 4 rings (SSSR count). The summed E-state index contributed by atoms with van der Waals surface area (Å²) in [6.07, 6.45) is 5.25. The van der Waals surface area contributed by atoms with Gasteiger partial charge in [-0.25, -0.2) is 14.6 Å². The minimum Gasteiger partial charge on any atom is -0.424 e. The van der Waals surface area contributed by atoms with Crippen LogP contribution in [0.15, 0.2) is 79.3 Å². The van der Waals surface area contributed by atoms with Gasteiger partial charge in [0.1, 0.15) is 5.75 Å². The first kappa shape index (κ1) is 18.8. The SMILES string of the molecule is Cc1c([C@H](C)NCc2ccc(Oc3ncccn3)cc2)cnn1-c1ccccc1. The van der Waals surface area contributed by atoms with Crippen LogP contribution in [0.4, 0.5) is 0 Å². The van der Waals surface area contributed by atoms with Crippen molar-refractivity contribution in [1.82, 2.24) is 25.1 Å². The van der Waals surface area contributed by atoms with Crippen LogP contribution in [0.5, 0.6) is 11.8 Å². The lowest BCUT2D eigenvalue weighted by Gasteiger charge is -2.14. The van der Waals surface area contributed by atoms with E-state index in [1.54, 1.807) is 18.5 Å². The van der Waals surface area contributed by atoms with Crippen LogP contribution >= 0.6 is 0 Å². The van der Waals surface area contributed by atoms with Gasteiger partial charge in [-0.15, -0.1) is 0 Å². The van der Waals surface area contributed by atoms with Crippen molar-refractivity contribution in [3.05, 3.63) is 96.1 Å². The fourth-order valence-electron chi connectivity index (χ4n) is 3.18. The summed E-state index contributed by atoms with van der Waals surface area (Å²) in [5, 5.41) is 8.13. The highest BCUT2D eigenvalue weighted by molar-refractivity contribution is 5.35. The third-order valence-corrected chi connectivity index (χ3v) is 4.80. The van der Waals surface area contributed by atoms with Crippen molar-refractivity contribution in [2.75, 3.05) is 0 Å². The van der Waals surface area contributed by atoms with E-state index in [9.17, 15) is 0 Å². The monoisotopic (exact) mass is 385 g/mol. The molecule has 2 heterocycles. The van der Waals surface area contributed by atoms with Gasteiger partial charge in [0.2, 0.25) is 0 Å². The third kappa shape index (κ3) is 4.50. The molecule has 146 valence electrons. The number of benzene rings is 2. The molecule has 0 saturated heterocycles. The maximum atomic E-state index is 5.64. The van der Waals surface area contributed by atoms with E-state index in [2.05, 4.69) is 46.4 Å². The van der Waals surface area contributed by atoms with Gasteiger partial charge in [0.25, 0.3) is 0 Å². The average molecular weight is 385 g/mol. The number of ether oxygens (including phenoxy) is 1. The highest BCUT2D eigenvalue weighted by Gasteiger charge is 2.14. The van der Waals surface area contributed by atoms with Crippen molar-refractivity contribution < 1.29 is 4.74 Å². The second kappa shape index (κ2) is 8.67. The molecule has 0 fully saturated rings. The first-order chi connectivity index (χ1) is 14.2. The van der Waals surface area contributed by atoms with Crippen molar-refractivity contribution in [2.24, 2.45) is 0 Å². The Hall–Kier alpha value is -3.51. The Kier molecular flexibility index (Phi) is 5.63. The highest BCUT2D eigenvalue weighted by atomic mass is 16.5. The molecule has 1 atom stereocenters. The van der Waals surface area contributed by atoms with E-state index in [1.165, 1.54) is 11.1 Å². The number of nitrogens with one attached hydrogen (secondary N) is 1. The fraction of sp³-hybridized carbons (Fsp3) is 0.174. The van der Waals surface area contributed by atoms with Gasteiger partial charge in [0.15, 0.2) is 0 Å². The van der Waals surface area contributed by atoms with Gasteiger partial charge in [0, 0.05) is 36.2 Å². The molecule has 6 heteroatoms. The molecule has 0 bridgehead atoms. The van der Waals surface area contributed by atoms with Crippen LogP contribution in [-0.2, 0) is 6.54 Å². The smallest absolute Gasteiger partial charge is 0.321 e. The summed E-state index contributed by atoms with van der Waals surface area (Å²) in [5.74, 6) is 0.716. The average Bonchev–Trinajstić information content (AvgIpc) is 3.16. The topological polar surface area (TPSA) is 64.9 Å². The normalized spacial score (nSPS) is 11.9. The Labute approximate surface area is 170 Å². The summed E-state index contributed by atoms with van der Waals surface area (Å²) in [6.45, 7) is 5.01. The lowest BCUT2D eigenvalue weighted by molar-refractivity contribution is 0.441. The molecular weight excluding hydrogens is 362 g/mol. The van der Waals surface area contributed by atoms with Crippen LogP contribution in [0.2, 0.25) is 0 Å². The fourth-order valence-corrected chi connectivity index (χ4v) is 3.18. The quantitative estimate of drug-likeness (QED) is 0.503. The molecule has 0 unspecified atom stereocenters. The molecule has 6 nitrogen and oxygen atoms in total. The minimum absolute atomic E-state index is 0.182. The second-order valence-electron chi connectivity index (χ2n) is 6.81. The maximum absolute atomic E-state index is 5.64. The van der Waals surface area contributed by atoms with E-state index in [0.717, 1.165) is 17.9 Å². The van der Waals surface area contributed by atoms with Gasteiger partial charge in [-0.2, -0.15) is 5.10 Å². The Morgan fingerprint density at radius 2 is 1.69 bits per heavy atom. The summed E-state index contributed by atoms with van der Waals surface area (Å²) in [6, 6.07) is 20.4. The lowest BCUT2D eigenvalue weighted by atomic mass is 10.1. The molecule has 0 aliphatic carbocycles. The largest absolute Gasteiger partial charge is 0.424 e. The predicted octanol–water partition coefficient (Wildman–Crippen LogP) is 4.61. The molecule has 0 saturated carbocycles. The van der Waals surface area contributed by atoms with E-state index >= 15 is 0 Å². The molecule has 2 aromatic heterocycles. The van der Waals surface area contributed by atoms with Crippen LogP contribution in [0.3, 0.4) is 0 Å². The molecule has 0 radical (unpaired) electrons. The molecule has 0 aliphatic heterocycles. The first-order valence-electron chi connectivity index (χ1n) is 9.58. The summed E-state index contributed by atoms with van der Waals surface area (Å²) in [4.78, 5) is 8.14. The number of hydrogen-bond acceptors (Lipinski definition) is 5. The predicted molar refractivity (Wildman–Crippen MR) is 112 cm³/mol. The van der Waals surface area contributed by atoms with Crippen LogP contribution < -0.4 is 10.1 Å². The number of hydrogen-bond donors (Lipinski definition) is 1. The lowest BCUT2D eigenvalue weighted by Crippen LogP contribution is -2.18. The van der Waals surface area contributed by atoms with Gasteiger partial charge >= 0.3 is 6.01 Å². The van der Waals surface area contributed by atoms with Crippen LogP contribution in [0.25, 0.3) is 5.69 Å². The van der Waals surface area contributed by atoms with Gasteiger partial charge in [-0.3, -0.25) is 0 Å². The summed E-state index contributed by atoms with van der Waals surface area (Å²) in [5.41, 5.74) is 4.57. The van der Waals surface area contributed by atoms with Crippen LogP contribution in [0.1, 0.15) is 29.8 Å². The minimum atomic E-state index is 0.182. The number of nitrogens with zero attached hydrogens (tertiary/aromatic N) is 4. The molecule has 0 amide bonds. The van der Waals surface area contributed by atoms with Crippen LogP contribution in [0, 0.1) is 6.92 Å². The Morgan fingerprint density at radius 1 is 0.966 bits per heavy atom. The van der Waals surface area contributed by atoms with Crippen molar-refractivity contribution in [3.63, 3.8) is 0 Å².